The number of hydrogen-bond acceptors (Lipinski definition) is 6. The van der Waals surface area contributed by atoms with Gasteiger partial charge in [0.05, 0.1) is 18.3 Å². The number of epoxide rings is 1. The van der Waals surface area contributed by atoms with Crippen LogP contribution in [0.5, 0.6) is 0 Å². The number of ether oxygens (including phenoxy) is 1. The summed E-state index contributed by atoms with van der Waals surface area (Å²) in [7, 11) is 0. The topological polar surface area (TPSA) is 128 Å². The number of fused-ring (bicyclic) bond motifs is 9. The summed E-state index contributed by atoms with van der Waals surface area (Å²) >= 11 is 0. The van der Waals surface area contributed by atoms with Crippen molar-refractivity contribution in [3.63, 3.8) is 0 Å². The normalized spacial score (nSPS) is 48.9. The highest BCUT2D eigenvalue weighted by Gasteiger charge is 2.66. The summed E-state index contributed by atoms with van der Waals surface area (Å²) < 4.78 is 5.96. The first-order chi connectivity index (χ1) is 16.8. The molecular weight excluding hydrogens is 448 g/mol. The van der Waals surface area contributed by atoms with Gasteiger partial charge < -0.3 is 25.6 Å². The van der Waals surface area contributed by atoms with Gasteiger partial charge >= 0.3 is 0 Å². The quantitative estimate of drug-likeness (QED) is 0.306. The van der Waals surface area contributed by atoms with Gasteiger partial charge in [-0.15, -0.1) is 0 Å². The molecule has 5 fully saturated rings. The largest absolute Gasteiger partial charge is 0.507 e. The molecule has 6 aliphatic rings. The molecule has 3 heterocycles. The third-order valence-corrected chi connectivity index (χ3v) is 9.73. The number of amides is 2. The van der Waals surface area contributed by atoms with Crippen molar-refractivity contribution in [2.24, 2.45) is 41.4 Å². The summed E-state index contributed by atoms with van der Waals surface area (Å²) in [5.74, 6) is 1.75. The van der Waals surface area contributed by atoms with Crippen LogP contribution in [0.2, 0.25) is 0 Å². The third kappa shape index (κ3) is 3.76. The van der Waals surface area contributed by atoms with Gasteiger partial charge in [0.15, 0.2) is 5.78 Å². The predicted molar refractivity (Wildman–Crippen MR) is 126 cm³/mol. The van der Waals surface area contributed by atoms with Crippen molar-refractivity contribution in [2.45, 2.75) is 63.4 Å². The Hall–Kier alpha value is -2.45. The highest BCUT2D eigenvalue weighted by atomic mass is 16.6. The van der Waals surface area contributed by atoms with Crippen LogP contribution in [0.15, 0.2) is 35.6 Å². The maximum atomic E-state index is 12.8. The maximum Gasteiger partial charge on any atom is 0.259 e. The van der Waals surface area contributed by atoms with Crippen LogP contribution in [-0.2, 0) is 19.1 Å². The molecule has 0 aromatic rings. The van der Waals surface area contributed by atoms with Gasteiger partial charge in [0.2, 0.25) is 5.91 Å². The van der Waals surface area contributed by atoms with Gasteiger partial charge in [-0.05, 0) is 85.7 Å². The van der Waals surface area contributed by atoms with Crippen molar-refractivity contribution in [3.8, 4) is 0 Å². The lowest BCUT2D eigenvalue weighted by atomic mass is 9.64. The maximum absolute atomic E-state index is 12.8. The number of allylic oxidation sites excluding steroid dienone is 3. The Labute approximate surface area is 204 Å². The zero-order valence-electron chi connectivity index (χ0n) is 19.9. The Morgan fingerprint density at radius 3 is 2.66 bits per heavy atom. The second-order valence-corrected chi connectivity index (χ2v) is 11.4. The summed E-state index contributed by atoms with van der Waals surface area (Å²) in [5.41, 5.74) is -0.298. The summed E-state index contributed by atoms with van der Waals surface area (Å²) in [6, 6.07) is -1.12. The fraction of sp³-hybridized carbons (Fsp3) is 0.667. The number of aliphatic hydroxyl groups is 2. The van der Waals surface area contributed by atoms with Crippen LogP contribution in [0.1, 0.15) is 39.0 Å². The van der Waals surface area contributed by atoms with Gasteiger partial charge in [0.25, 0.3) is 5.91 Å². The molecule has 11 atom stereocenters. The monoisotopic (exact) mass is 482 g/mol. The molecule has 0 aromatic carbocycles. The molecule has 2 amide bonds. The molecule has 3 aliphatic carbocycles. The van der Waals surface area contributed by atoms with E-state index in [1.807, 2.05) is 12.2 Å². The number of Topliss-reactive ketones (excluding diaryl/α,β-unsaturated/α-hetero) is 1. The van der Waals surface area contributed by atoms with E-state index in [0.717, 1.165) is 25.7 Å². The van der Waals surface area contributed by atoms with Crippen LogP contribution in [0.25, 0.3) is 0 Å². The summed E-state index contributed by atoms with van der Waals surface area (Å²) in [6.45, 7) is 2.51. The minimum atomic E-state index is -1.16. The lowest BCUT2D eigenvalue weighted by Crippen LogP contribution is -2.42. The molecule has 35 heavy (non-hydrogen) atoms. The summed E-state index contributed by atoms with van der Waals surface area (Å²) in [5, 5.41) is 26.3. The molecule has 2 saturated heterocycles. The second kappa shape index (κ2) is 8.59. The first kappa shape index (κ1) is 23.0. The van der Waals surface area contributed by atoms with Crippen molar-refractivity contribution in [1.29, 1.82) is 0 Å². The molecule has 3 aliphatic heterocycles. The van der Waals surface area contributed by atoms with E-state index in [9.17, 15) is 24.6 Å². The van der Waals surface area contributed by atoms with E-state index in [1.165, 1.54) is 6.08 Å². The molecule has 2 unspecified atom stereocenters. The summed E-state index contributed by atoms with van der Waals surface area (Å²) in [4.78, 5) is 37.6. The molecule has 188 valence electrons. The number of hydrogen-bond donors (Lipinski definition) is 4. The van der Waals surface area contributed by atoms with Crippen LogP contribution in [0, 0.1) is 41.4 Å². The smallest absolute Gasteiger partial charge is 0.259 e. The van der Waals surface area contributed by atoms with Crippen molar-refractivity contribution in [3.05, 3.63) is 35.6 Å². The van der Waals surface area contributed by atoms with E-state index in [-0.39, 0.29) is 36.1 Å². The Morgan fingerprint density at radius 1 is 1.00 bits per heavy atom. The predicted octanol–water partition coefficient (Wildman–Crippen LogP) is 1.56. The van der Waals surface area contributed by atoms with Crippen molar-refractivity contribution < 1.29 is 29.3 Å². The third-order valence-electron chi connectivity index (χ3n) is 9.73. The van der Waals surface area contributed by atoms with E-state index in [0.29, 0.717) is 47.7 Å². The first-order valence-corrected chi connectivity index (χ1v) is 13.1. The zero-order chi connectivity index (χ0) is 24.4. The summed E-state index contributed by atoms with van der Waals surface area (Å²) in [6.07, 6.45) is 10.8. The van der Waals surface area contributed by atoms with Gasteiger partial charge in [0.1, 0.15) is 17.4 Å². The SMILES string of the molecule is C[C@H]1[C@@H]2O[C@@H]2[C@@H]2C[C@H]3[C@H](CC[C@@H]4/C=C/C(O)=C5C(=O)NC(C5=O)C(O)CCNC(=O)/C=C\C[C@@H]34)[C@H]12. The standard InChI is InChI=1S/C27H34N2O6/c1-12-21-15-7-5-13-6-8-18(30)22-24(33)23(29-27(22)34)19(31)9-10-28-20(32)4-2-3-14(13)16(15)11-17(21)26-25(12)35-26/h2,4,6,8,12-17,19,21,23,25-26,30-31H,3,5,7,9-11H2,1H3,(H,28,32)(H,29,34)/b4-2-,8-6+,22-18?/t12-,13-,14-,15+,16-,17-,19?,21+,23?,25+,26-/m1/s1. The molecule has 2 bridgehead atoms. The van der Waals surface area contributed by atoms with Crippen molar-refractivity contribution >= 4 is 17.6 Å². The molecule has 0 aromatic heterocycles. The van der Waals surface area contributed by atoms with Gasteiger partial charge in [-0.3, -0.25) is 14.4 Å². The van der Waals surface area contributed by atoms with Crippen LogP contribution in [0.4, 0.5) is 0 Å². The lowest BCUT2D eigenvalue weighted by Gasteiger charge is -2.41. The number of aliphatic hydroxyl groups excluding tert-OH is 2. The van der Waals surface area contributed by atoms with Crippen LogP contribution in [-0.4, -0.2) is 58.7 Å². The Morgan fingerprint density at radius 2 is 1.83 bits per heavy atom. The zero-order valence-corrected chi connectivity index (χ0v) is 19.9. The molecule has 8 heteroatoms. The second-order valence-electron chi connectivity index (χ2n) is 11.4. The first-order valence-electron chi connectivity index (χ1n) is 13.1. The molecule has 6 rings (SSSR count). The van der Waals surface area contributed by atoms with E-state index >= 15 is 0 Å². The van der Waals surface area contributed by atoms with Crippen LogP contribution < -0.4 is 10.6 Å². The van der Waals surface area contributed by atoms with Crippen LogP contribution in [0.3, 0.4) is 0 Å². The number of nitrogens with one attached hydrogen (secondary N) is 2. The van der Waals surface area contributed by atoms with E-state index in [1.54, 1.807) is 6.08 Å². The van der Waals surface area contributed by atoms with E-state index in [2.05, 4.69) is 17.6 Å². The van der Waals surface area contributed by atoms with E-state index < -0.39 is 23.8 Å². The highest BCUT2D eigenvalue weighted by Crippen LogP contribution is 2.65. The fourth-order valence-electron chi connectivity index (χ4n) is 8.17. The molecule has 8 nitrogen and oxygen atoms in total. The number of rotatable bonds is 0. The van der Waals surface area contributed by atoms with Crippen LogP contribution >= 0.6 is 0 Å². The Balaban J connectivity index is 1.30. The average molecular weight is 483 g/mol. The minimum Gasteiger partial charge on any atom is -0.507 e. The van der Waals surface area contributed by atoms with Crippen molar-refractivity contribution in [2.75, 3.05) is 6.54 Å². The van der Waals surface area contributed by atoms with E-state index in [4.69, 9.17) is 4.74 Å². The number of carbonyl (C=O) groups excluding carboxylic acids is 3. The lowest BCUT2D eigenvalue weighted by molar-refractivity contribution is -0.118. The molecule has 0 radical (unpaired) electrons. The molecule has 0 spiro atoms. The molecular formula is C27H34N2O6. The van der Waals surface area contributed by atoms with Gasteiger partial charge in [0, 0.05) is 6.54 Å². The molecule has 3 saturated carbocycles. The van der Waals surface area contributed by atoms with Gasteiger partial charge in [-0.2, -0.15) is 0 Å². The minimum absolute atomic E-state index is 0.111. The number of carbonyl (C=O) groups is 3. The molecule has 4 N–H and O–H groups in total. The highest BCUT2D eigenvalue weighted by molar-refractivity contribution is 6.27. The Kier molecular flexibility index (Phi) is 5.64. The number of ketones is 1. The average Bonchev–Trinajstić information content (AvgIpc) is 3.33. The fourth-order valence-corrected chi connectivity index (χ4v) is 8.17. The van der Waals surface area contributed by atoms with Gasteiger partial charge in [-0.1, -0.05) is 19.1 Å². The Bertz CT molecular complexity index is 1030. The van der Waals surface area contributed by atoms with Gasteiger partial charge in [-0.25, -0.2) is 0 Å². The van der Waals surface area contributed by atoms with Crippen molar-refractivity contribution in [1.82, 2.24) is 10.6 Å².